The predicted octanol–water partition coefficient (Wildman–Crippen LogP) is 2.79. The van der Waals surface area contributed by atoms with Gasteiger partial charge in [0.25, 0.3) is 0 Å². The van der Waals surface area contributed by atoms with Crippen molar-refractivity contribution in [3.05, 3.63) is 54.3 Å². The van der Waals surface area contributed by atoms with Crippen LogP contribution in [0.4, 0.5) is 11.5 Å². The number of aromatic nitrogens is 7. The first-order valence-corrected chi connectivity index (χ1v) is 8.06. The Morgan fingerprint density at radius 2 is 2.12 bits per heavy atom. The molecule has 1 aromatic carbocycles. The van der Waals surface area contributed by atoms with E-state index in [0.29, 0.717) is 23.5 Å². The van der Waals surface area contributed by atoms with Crippen molar-refractivity contribution >= 4 is 33.6 Å². The largest absolute Gasteiger partial charge is 0.361 e. The zero-order valence-electron chi connectivity index (χ0n) is 13.8. The Kier molecular flexibility index (Phi) is 3.17. The number of aryl methyl sites for hydroxylation is 1. The van der Waals surface area contributed by atoms with Crippen molar-refractivity contribution in [1.82, 2.24) is 35.1 Å². The average Bonchev–Trinajstić information content (AvgIpc) is 3.36. The number of aromatic amines is 1. The van der Waals surface area contributed by atoms with Crippen LogP contribution in [0.25, 0.3) is 22.1 Å². The van der Waals surface area contributed by atoms with E-state index in [1.54, 1.807) is 12.4 Å². The quantitative estimate of drug-likeness (QED) is 0.515. The number of benzene rings is 1. The Hall–Kier alpha value is -3.75. The number of nitrogens with zero attached hydrogens (tertiary/aromatic N) is 6. The highest BCUT2D eigenvalue weighted by Crippen LogP contribution is 2.24. The predicted molar refractivity (Wildman–Crippen MR) is 95.0 cm³/mol. The van der Waals surface area contributed by atoms with Gasteiger partial charge in [0, 0.05) is 29.5 Å². The summed E-state index contributed by atoms with van der Waals surface area (Å²) in [5.74, 6) is 1.43. The first-order chi connectivity index (χ1) is 12.8. The van der Waals surface area contributed by atoms with E-state index in [-0.39, 0.29) is 0 Å². The fourth-order valence-electron chi connectivity index (χ4n) is 2.92. The van der Waals surface area contributed by atoms with Crippen LogP contribution in [0.2, 0.25) is 0 Å². The van der Waals surface area contributed by atoms with Crippen LogP contribution in [-0.2, 0) is 6.54 Å². The zero-order valence-corrected chi connectivity index (χ0v) is 13.8. The summed E-state index contributed by atoms with van der Waals surface area (Å²) in [6.45, 7) is 2.44. The second kappa shape index (κ2) is 5.66. The van der Waals surface area contributed by atoms with Crippen molar-refractivity contribution in [3.63, 3.8) is 0 Å². The highest BCUT2D eigenvalue weighted by Gasteiger charge is 2.10. The summed E-state index contributed by atoms with van der Waals surface area (Å²) in [4.78, 5) is 8.49. The van der Waals surface area contributed by atoms with Gasteiger partial charge in [-0.2, -0.15) is 10.2 Å². The molecule has 0 amide bonds. The summed E-state index contributed by atoms with van der Waals surface area (Å²) in [6, 6.07) is 7.92. The van der Waals surface area contributed by atoms with E-state index in [9.17, 15) is 0 Å². The van der Waals surface area contributed by atoms with Gasteiger partial charge in [-0.3, -0.25) is 9.78 Å². The number of rotatable bonds is 4. The number of nitrogens with one attached hydrogen (secondary N) is 2. The van der Waals surface area contributed by atoms with Gasteiger partial charge in [-0.05, 0) is 25.1 Å². The minimum atomic E-state index is 0.563. The summed E-state index contributed by atoms with van der Waals surface area (Å²) in [5, 5.41) is 19.9. The number of H-pyrrole nitrogens is 1. The van der Waals surface area contributed by atoms with Crippen molar-refractivity contribution < 1.29 is 4.52 Å². The highest BCUT2D eigenvalue weighted by molar-refractivity contribution is 5.88. The molecule has 26 heavy (non-hydrogen) atoms. The molecular weight excluding hydrogens is 332 g/mol. The maximum atomic E-state index is 5.12. The fraction of sp³-hybridized carbons (Fsp3) is 0.118. The molecule has 2 N–H and O–H groups in total. The topological polar surface area (TPSA) is 110 Å². The van der Waals surface area contributed by atoms with Crippen molar-refractivity contribution in [1.29, 1.82) is 0 Å². The van der Waals surface area contributed by atoms with E-state index in [1.807, 2.05) is 42.1 Å². The number of fused-ring (bicyclic) bond motifs is 2. The SMILES string of the molecule is Cc1cc(Cn2ncc3cc(Nc4n[nH]c5nccnc45)ccc32)no1. The van der Waals surface area contributed by atoms with Crippen LogP contribution in [0.5, 0.6) is 0 Å². The molecule has 9 heteroatoms. The average molecular weight is 346 g/mol. The molecule has 5 rings (SSSR count). The first-order valence-electron chi connectivity index (χ1n) is 8.06. The summed E-state index contributed by atoms with van der Waals surface area (Å²) in [7, 11) is 0. The monoisotopic (exact) mass is 346 g/mol. The third-order valence-corrected chi connectivity index (χ3v) is 4.09. The van der Waals surface area contributed by atoms with Crippen molar-refractivity contribution in [3.8, 4) is 0 Å². The second-order valence-corrected chi connectivity index (χ2v) is 5.96. The summed E-state index contributed by atoms with van der Waals surface area (Å²) in [6.07, 6.45) is 5.10. The van der Waals surface area contributed by atoms with E-state index >= 15 is 0 Å². The molecular formula is C17H14N8O. The molecule has 4 aromatic heterocycles. The lowest BCUT2D eigenvalue weighted by atomic mass is 10.2. The Balaban J connectivity index is 1.45. The van der Waals surface area contributed by atoms with E-state index < -0.39 is 0 Å². The van der Waals surface area contributed by atoms with Crippen molar-refractivity contribution in [2.75, 3.05) is 5.32 Å². The van der Waals surface area contributed by atoms with Gasteiger partial charge in [-0.25, -0.2) is 9.97 Å². The van der Waals surface area contributed by atoms with E-state index in [1.165, 1.54) is 0 Å². The maximum Gasteiger partial charge on any atom is 0.180 e. The molecule has 0 atom stereocenters. The second-order valence-electron chi connectivity index (χ2n) is 5.96. The van der Waals surface area contributed by atoms with Gasteiger partial charge >= 0.3 is 0 Å². The normalized spacial score (nSPS) is 11.4. The van der Waals surface area contributed by atoms with Gasteiger partial charge in [0.05, 0.1) is 18.3 Å². The van der Waals surface area contributed by atoms with Gasteiger partial charge in [0.15, 0.2) is 17.0 Å². The molecule has 0 aliphatic heterocycles. The Morgan fingerprint density at radius 1 is 1.19 bits per heavy atom. The third-order valence-electron chi connectivity index (χ3n) is 4.09. The number of anilines is 2. The lowest BCUT2D eigenvalue weighted by Gasteiger charge is -2.04. The van der Waals surface area contributed by atoms with Crippen molar-refractivity contribution in [2.24, 2.45) is 0 Å². The molecule has 0 unspecified atom stereocenters. The van der Waals surface area contributed by atoms with E-state index in [2.05, 4.69) is 35.7 Å². The minimum absolute atomic E-state index is 0.563. The molecule has 128 valence electrons. The summed E-state index contributed by atoms with van der Waals surface area (Å²) in [5.41, 5.74) is 4.10. The molecule has 9 nitrogen and oxygen atoms in total. The molecule has 0 saturated heterocycles. The van der Waals surface area contributed by atoms with Crippen LogP contribution >= 0.6 is 0 Å². The lowest BCUT2D eigenvalue weighted by Crippen LogP contribution is -2.01. The van der Waals surface area contributed by atoms with Gasteiger partial charge in [-0.15, -0.1) is 0 Å². The standard InChI is InChI=1S/C17H14N8O/c1-10-6-13(24-26-10)9-25-14-3-2-12(7-11(14)8-20-25)21-17-15-16(22-23-17)19-5-4-18-15/h2-8H,9H2,1H3,(H2,19,21,22,23). The minimum Gasteiger partial charge on any atom is -0.361 e. The summed E-state index contributed by atoms with van der Waals surface area (Å²) < 4.78 is 7.01. The van der Waals surface area contributed by atoms with Crippen LogP contribution in [0.1, 0.15) is 11.5 Å². The molecule has 0 radical (unpaired) electrons. The Morgan fingerprint density at radius 3 is 3.00 bits per heavy atom. The molecule has 0 bridgehead atoms. The fourth-order valence-corrected chi connectivity index (χ4v) is 2.92. The maximum absolute atomic E-state index is 5.12. The first kappa shape index (κ1) is 14.6. The van der Waals surface area contributed by atoms with E-state index in [4.69, 9.17) is 4.52 Å². The van der Waals surface area contributed by atoms with E-state index in [0.717, 1.165) is 28.0 Å². The van der Waals surface area contributed by atoms with Gasteiger partial charge in [-0.1, -0.05) is 5.16 Å². The van der Waals surface area contributed by atoms with Crippen LogP contribution in [0.15, 0.2) is 47.4 Å². The molecule has 4 heterocycles. The number of hydrogen-bond acceptors (Lipinski definition) is 7. The van der Waals surface area contributed by atoms with Crippen LogP contribution < -0.4 is 5.32 Å². The van der Waals surface area contributed by atoms with Crippen molar-refractivity contribution in [2.45, 2.75) is 13.5 Å². The zero-order chi connectivity index (χ0) is 17.5. The van der Waals surface area contributed by atoms with Gasteiger partial charge in [0.2, 0.25) is 0 Å². The Labute approximate surface area is 147 Å². The molecule has 0 aliphatic carbocycles. The molecule has 5 aromatic rings. The van der Waals surface area contributed by atoms with Gasteiger partial charge < -0.3 is 9.84 Å². The number of hydrogen-bond donors (Lipinski definition) is 2. The van der Waals surface area contributed by atoms with Gasteiger partial charge in [0.1, 0.15) is 11.5 Å². The van der Waals surface area contributed by atoms with Crippen LogP contribution in [-0.4, -0.2) is 35.1 Å². The molecule has 0 saturated carbocycles. The Bertz CT molecular complexity index is 1220. The molecule has 0 spiro atoms. The summed E-state index contributed by atoms with van der Waals surface area (Å²) >= 11 is 0. The lowest BCUT2D eigenvalue weighted by molar-refractivity contribution is 0.388. The van der Waals surface area contributed by atoms with Crippen LogP contribution in [0.3, 0.4) is 0 Å². The highest BCUT2D eigenvalue weighted by atomic mass is 16.5. The third kappa shape index (κ3) is 2.46. The smallest absolute Gasteiger partial charge is 0.180 e. The molecule has 0 aliphatic rings. The molecule has 0 fully saturated rings. The van der Waals surface area contributed by atoms with Crippen LogP contribution in [0, 0.1) is 6.92 Å².